The molecule has 1 aliphatic carbocycles. The van der Waals surface area contributed by atoms with Gasteiger partial charge in [-0.25, -0.2) is 4.79 Å². The fraction of sp³-hybridized carbons (Fsp3) is 0.679. The molecule has 12 heteroatoms. The standard InChI is InChI=1S/C28H42Cl2N4O6/c1-9-11-13-17(20(35)23(37)31-14-12-10-2)32-22(36)19-18-16(28(18,29)30)15-34(19)24(38)21(26(3,4)5)33-25(39)40-27(6,7)8/h9-10,16-19,21H,1-2,11-15H2,3-8H3,(H,31,37)(H,32,36)(H,33,39). The first-order valence-corrected chi connectivity index (χ1v) is 14.1. The van der Waals surface area contributed by atoms with E-state index < -0.39 is 69.0 Å². The van der Waals surface area contributed by atoms with E-state index in [4.69, 9.17) is 27.9 Å². The van der Waals surface area contributed by atoms with Crippen molar-refractivity contribution >= 4 is 52.8 Å². The number of alkyl carbamates (subject to hydrolysis) is 1. The second-order valence-corrected chi connectivity index (χ2v) is 13.8. The lowest BCUT2D eigenvalue weighted by Gasteiger charge is -2.37. The Labute approximate surface area is 246 Å². The Morgan fingerprint density at radius 3 is 2.15 bits per heavy atom. The topological polar surface area (TPSA) is 134 Å². The quantitative estimate of drug-likeness (QED) is 0.136. The van der Waals surface area contributed by atoms with Crippen LogP contribution in [0.15, 0.2) is 25.3 Å². The number of fused-ring (bicyclic) bond motifs is 1. The molecule has 2 aliphatic rings. The Morgan fingerprint density at radius 1 is 1.02 bits per heavy atom. The third kappa shape index (κ3) is 8.22. The maximum absolute atomic E-state index is 13.9. The predicted octanol–water partition coefficient (Wildman–Crippen LogP) is 3.27. The number of Topliss-reactive ketones (excluding diaryl/α,β-unsaturated/α-hetero) is 1. The van der Waals surface area contributed by atoms with Crippen molar-refractivity contribution in [1.29, 1.82) is 0 Å². The van der Waals surface area contributed by atoms with Crippen LogP contribution in [0.25, 0.3) is 0 Å². The van der Waals surface area contributed by atoms with Gasteiger partial charge >= 0.3 is 6.09 Å². The molecular weight excluding hydrogens is 559 g/mol. The smallest absolute Gasteiger partial charge is 0.408 e. The monoisotopic (exact) mass is 600 g/mol. The zero-order chi connectivity index (χ0) is 30.6. The number of nitrogens with zero attached hydrogens (tertiary/aromatic N) is 1. The van der Waals surface area contributed by atoms with Gasteiger partial charge in [0.05, 0.1) is 6.04 Å². The van der Waals surface area contributed by atoms with Crippen LogP contribution in [0.3, 0.4) is 0 Å². The number of ketones is 1. The Kier molecular flexibility index (Phi) is 10.9. The van der Waals surface area contributed by atoms with Gasteiger partial charge in [0.25, 0.3) is 5.91 Å². The molecule has 5 unspecified atom stereocenters. The molecule has 0 radical (unpaired) electrons. The summed E-state index contributed by atoms with van der Waals surface area (Å²) in [6.45, 7) is 18.0. The summed E-state index contributed by atoms with van der Waals surface area (Å²) < 4.78 is 4.13. The molecule has 0 aromatic heterocycles. The van der Waals surface area contributed by atoms with Crippen molar-refractivity contribution in [3.05, 3.63) is 25.3 Å². The van der Waals surface area contributed by atoms with Crippen molar-refractivity contribution in [3.63, 3.8) is 0 Å². The first-order chi connectivity index (χ1) is 18.4. The number of hydrogen-bond donors (Lipinski definition) is 3. The van der Waals surface area contributed by atoms with Crippen LogP contribution in [0.4, 0.5) is 4.79 Å². The van der Waals surface area contributed by atoms with Gasteiger partial charge in [0, 0.05) is 24.9 Å². The van der Waals surface area contributed by atoms with Crippen LogP contribution in [0, 0.1) is 17.3 Å². The number of piperidine rings is 1. The van der Waals surface area contributed by atoms with Gasteiger partial charge in [-0.15, -0.1) is 36.4 Å². The first-order valence-electron chi connectivity index (χ1n) is 13.4. The number of nitrogens with one attached hydrogen (secondary N) is 3. The van der Waals surface area contributed by atoms with Crippen LogP contribution >= 0.6 is 23.2 Å². The number of allylic oxidation sites excluding steroid dienone is 1. The van der Waals surface area contributed by atoms with Crippen molar-refractivity contribution in [3.8, 4) is 0 Å². The Bertz CT molecular complexity index is 1030. The van der Waals surface area contributed by atoms with Crippen molar-refractivity contribution in [2.24, 2.45) is 17.3 Å². The minimum Gasteiger partial charge on any atom is -0.444 e. The van der Waals surface area contributed by atoms with Gasteiger partial charge < -0.3 is 25.6 Å². The molecule has 10 nitrogen and oxygen atoms in total. The number of amides is 4. The normalized spacial score (nSPS) is 22.7. The minimum atomic E-state index is -1.22. The summed E-state index contributed by atoms with van der Waals surface area (Å²) in [5, 5.41) is 7.81. The molecule has 1 heterocycles. The van der Waals surface area contributed by atoms with Gasteiger partial charge in [-0.2, -0.15) is 0 Å². The lowest BCUT2D eigenvalue weighted by atomic mass is 9.85. The van der Waals surface area contributed by atoms with E-state index >= 15 is 0 Å². The maximum atomic E-state index is 13.9. The zero-order valence-corrected chi connectivity index (χ0v) is 25.7. The maximum Gasteiger partial charge on any atom is 0.408 e. The molecule has 0 spiro atoms. The highest BCUT2D eigenvalue weighted by molar-refractivity contribution is 6.51. The molecule has 2 fully saturated rings. The molecule has 1 saturated heterocycles. The minimum absolute atomic E-state index is 0.0878. The van der Waals surface area contributed by atoms with E-state index in [1.54, 1.807) is 53.7 Å². The van der Waals surface area contributed by atoms with E-state index in [1.807, 2.05) is 0 Å². The van der Waals surface area contributed by atoms with Crippen LogP contribution in [0.2, 0.25) is 0 Å². The molecule has 5 atom stereocenters. The van der Waals surface area contributed by atoms with E-state index in [1.165, 1.54) is 4.90 Å². The predicted molar refractivity (Wildman–Crippen MR) is 154 cm³/mol. The van der Waals surface area contributed by atoms with Crippen molar-refractivity contribution in [2.45, 2.75) is 88.9 Å². The summed E-state index contributed by atoms with van der Waals surface area (Å²) in [6, 6.07) is -3.30. The van der Waals surface area contributed by atoms with Crippen LogP contribution in [-0.2, 0) is 23.9 Å². The van der Waals surface area contributed by atoms with E-state index in [0.717, 1.165) is 0 Å². The molecular formula is C28H42Cl2N4O6. The summed E-state index contributed by atoms with van der Waals surface area (Å²) in [5.74, 6) is -3.77. The van der Waals surface area contributed by atoms with Gasteiger partial charge in [0.1, 0.15) is 22.0 Å². The molecule has 0 aromatic carbocycles. The largest absolute Gasteiger partial charge is 0.444 e. The number of rotatable bonds is 12. The molecule has 40 heavy (non-hydrogen) atoms. The van der Waals surface area contributed by atoms with E-state index in [9.17, 15) is 24.0 Å². The molecule has 1 aliphatic heterocycles. The van der Waals surface area contributed by atoms with E-state index in [2.05, 4.69) is 29.1 Å². The molecule has 3 N–H and O–H groups in total. The number of carbonyl (C=O) groups excluding carboxylic acids is 5. The van der Waals surface area contributed by atoms with Gasteiger partial charge in [-0.05, 0) is 45.4 Å². The van der Waals surface area contributed by atoms with Gasteiger partial charge in [0.15, 0.2) is 0 Å². The third-order valence-corrected chi connectivity index (χ3v) is 7.87. The number of halogens is 2. The summed E-state index contributed by atoms with van der Waals surface area (Å²) in [6.07, 6.45) is 3.37. The van der Waals surface area contributed by atoms with Crippen LogP contribution in [-0.4, -0.2) is 75.6 Å². The Balaban J connectivity index is 2.30. The van der Waals surface area contributed by atoms with Gasteiger partial charge in [0.2, 0.25) is 17.6 Å². The molecule has 1 saturated carbocycles. The molecule has 4 amide bonds. The lowest BCUT2D eigenvalue weighted by Crippen LogP contribution is -2.61. The Morgan fingerprint density at radius 2 is 1.62 bits per heavy atom. The Hall–Kier alpha value is -2.59. The number of ether oxygens (including phenoxy) is 1. The van der Waals surface area contributed by atoms with E-state index in [-0.39, 0.29) is 25.4 Å². The summed E-state index contributed by atoms with van der Waals surface area (Å²) in [5.41, 5.74) is -1.53. The average molecular weight is 602 g/mol. The lowest BCUT2D eigenvalue weighted by molar-refractivity contribution is -0.145. The number of alkyl halides is 2. The second-order valence-electron chi connectivity index (χ2n) is 12.3. The zero-order valence-electron chi connectivity index (χ0n) is 24.1. The summed E-state index contributed by atoms with van der Waals surface area (Å²) in [4.78, 5) is 66.8. The fourth-order valence-corrected chi connectivity index (χ4v) is 5.54. The van der Waals surface area contributed by atoms with Crippen LogP contribution < -0.4 is 16.0 Å². The number of hydrogen-bond acceptors (Lipinski definition) is 6. The summed E-state index contributed by atoms with van der Waals surface area (Å²) >= 11 is 12.9. The van der Waals surface area contributed by atoms with Crippen molar-refractivity contribution in [1.82, 2.24) is 20.9 Å². The SMILES string of the molecule is C=CCCNC(=O)C(=O)C(CCC=C)NC(=O)C1C2C(CN1C(=O)C(NC(=O)OC(C)(C)C)C(C)(C)C)C2(Cl)Cl. The summed E-state index contributed by atoms with van der Waals surface area (Å²) in [7, 11) is 0. The van der Waals surface area contributed by atoms with E-state index in [0.29, 0.717) is 12.8 Å². The second kappa shape index (κ2) is 12.9. The molecule has 0 bridgehead atoms. The van der Waals surface area contributed by atoms with Crippen LogP contribution in [0.1, 0.15) is 60.8 Å². The average Bonchev–Trinajstić information content (AvgIpc) is 3.15. The van der Waals surface area contributed by atoms with Crippen LogP contribution in [0.5, 0.6) is 0 Å². The van der Waals surface area contributed by atoms with Gasteiger partial charge in [-0.3, -0.25) is 19.2 Å². The molecule has 0 aromatic rings. The fourth-order valence-electron chi connectivity index (χ4n) is 4.72. The highest BCUT2D eigenvalue weighted by Gasteiger charge is 2.74. The van der Waals surface area contributed by atoms with Gasteiger partial charge in [-0.1, -0.05) is 32.9 Å². The van der Waals surface area contributed by atoms with Crippen molar-refractivity contribution in [2.75, 3.05) is 13.1 Å². The third-order valence-electron chi connectivity index (χ3n) is 6.81. The molecule has 2 rings (SSSR count). The highest BCUT2D eigenvalue weighted by Crippen LogP contribution is 2.65. The number of likely N-dealkylation sites (tertiary alicyclic amines) is 1. The first kappa shape index (κ1) is 33.6. The highest BCUT2D eigenvalue weighted by atomic mass is 35.5. The number of carbonyl (C=O) groups is 5. The van der Waals surface area contributed by atoms with Crippen molar-refractivity contribution < 1.29 is 28.7 Å². The molecule has 224 valence electrons.